The van der Waals surface area contributed by atoms with Crippen molar-refractivity contribution in [2.75, 3.05) is 11.5 Å². The second kappa shape index (κ2) is 6.75. The molecular weight excluding hydrogens is 295 g/mol. The standard InChI is InChI=1S/C12H16Cl2O3S/c1-2-18(16,17)8-4-7-11(15)9-5-3-6-10(13)12(9)14/h3,5-6,11,15H,2,4,7-8H2,1H3. The van der Waals surface area contributed by atoms with Crippen LogP contribution in [0.5, 0.6) is 0 Å². The highest BCUT2D eigenvalue weighted by Gasteiger charge is 2.15. The molecule has 0 saturated heterocycles. The van der Waals surface area contributed by atoms with Gasteiger partial charge < -0.3 is 5.11 Å². The summed E-state index contributed by atoms with van der Waals surface area (Å²) in [6, 6.07) is 5.03. The fraction of sp³-hybridized carbons (Fsp3) is 0.500. The molecule has 0 amide bonds. The van der Waals surface area contributed by atoms with Crippen LogP contribution >= 0.6 is 23.2 Å². The monoisotopic (exact) mass is 310 g/mol. The lowest BCUT2D eigenvalue weighted by Gasteiger charge is -2.13. The summed E-state index contributed by atoms with van der Waals surface area (Å²) in [5.41, 5.74) is 0.540. The Morgan fingerprint density at radius 3 is 2.61 bits per heavy atom. The van der Waals surface area contributed by atoms with Gasteiger partial charge in [0, 0.05) is 11.3 Å². The van der Waals surface area contributed by atoms with Crippen LogP contribution in [0.25, 0.3) is 0 Å². The second-order valence-corrected chi connectivity index (χ2v) is 7.30. The van der Waals surface area contributed by atoms with Crippen LogP contribution in [0.2, 0.25) is 10.0 Å². The molecule has 6 heteroatoms. The summed E-state index contributed by atoms with van der Waals surface area (Å²) in [5.74, 6) is 0.208. The first kappa shape index (κ1) is 15.8. The Bertz CT molecular complexity index is 500. The predicted octanol–water partition coefficient (Wildman–Crippen LogP) is 3.24. The molecule has 18 heavy (non-hydrogen) atoms. The van der Waals surface area contributed by atoms with Crippen LogP contribution in [0.1, 0.15) is 31.4 Å². The topological polar surface area (TPSA) is 54.4 Å². The normalized spacial score (nSPS) is 13.6. The zero-order valence-electron chi connectivity index (χ0n) is 10.1. The van der Waals surface area contributed by atoms with Crippen molar-refractivity contribution in [3.05, 3.63) is 33.8 Å². The summed E-state index contributed by atoms with van der Waals surface area (Å²) in [6.45, 7) is 1.61. The van der Waals surface area contributed by atoms with Gasteiger partial charge in [0.15, 0.2) is 0 Å². The molecule has 0 aliphatic heterocycles. The highest BCUT2D eigenvalue weighted by Crippen LogP contribution is 2.31. The fourth-order valence-corrected chi connectivity index (χ4v) is 2.90. The quantitative estimate of drug-likeness (QED) is 0.877. The van der Waals surface area contributed by atoms with Crippen molar-refractivity contribution in [3.63, 3.8) is 0 Å². The molecule has 0 aromatic heterocycles. The van der Waals surface area contributed by atoms with E-state index in [0.29, 0.717) is 28.5 Å². The van der Waals surface area contributed by atoms with Gasteiger partial charge in [0.05, 0.1) is 21.9 Å². The van der Waals surface area contributed by atoms with Crippen molar-refractivity contribution in [1.29, 1.82) is 0 Å². The van der Waals surface area contributed by atoms with Gasteiger partial charge in [-0.1, -0.05) is 42.3 Å². The molecule has 0 bridgehead atoms. The molecule has 1 atom stereocenters. The third kappa shape index (κ3) is 4.43. The second-order valence-electron chi connectivity index (χ2n) is 4.04. The van der Waals surface area contributed by atoms with E-state index in [9.17, 15) is 13.5 Å². The first-order chi connectivity index (χ1) is 8.37. The maximum absolute atomic E-state index is 11.3. The minimum atomic E-state index is -2.99. The average molecular weight is 311 g/mol. The summed E-state index contributed by atoms with van der Waals surface area (Å²) in [4.78, 5) is 0. The third-order valence-electron chi connectivity index (χ3n) is 2.71. The van der Waals surface area contributed by atoms with Crippen LogP contribution in [0, 0.1) is 0 Å². The minimum absolute atomic E-state index is 0.0821. The SMILES string of the molecule is CCS(=O)(=O)CCCC(O)c1cccc(Cl)c1Cl. The van der Waals surface area contributed by atoms with Gasteiger partial charge in [0.2, 0.25) is 0 Å². The van der Waals surface area contributed by atoms with Gasteiger partial charge in [-0.2, -0.15) is 0 Å². The number of aliphatic hydroxyl groups excluding tert-OH is 1. The van der Waals surface area contributed by atoms with Crippen molar-refractivity contribution >= 4 is 33.0 Å². The lowest BCUT2D eigenvalue weighted by Crippen LogP contribution is -2.10. The highest BCUT2D eigenvalue weighted by molar-refractivity contribution is 7.91. The summed E-state index contributed by atoms with van der Waals surface area (Å²) < 4.78 is 22.6. The van der Waals surface area contributed by atoms with Crippen LogP contribution in [-0.4, -0.2) is 25.0 Å². The third-order valence-corrected chi connectivity index (χ3v) is 5.34. The lowest BCUT2D eigenvalue weighted by atomic mass is 10.1. The summed E-state index contributed by atoms with van der Waals surface area (Å²) in [6.07, 6.45) is -0.0392. The minimum Gasteiger partial charge on any atom is -0.388 e. The molecule has 1 unspecified atom stereocenters. The summed E-state index contributed by atoms with van der Waals surface area (Å²) in [5, 5.41) is 10.7. The van der Waals surface area contributed by atoms with E-state index in [0.717, 1.165) is 0 Å². The van der Waals surface area contributed by atoms with Gasteiger partial charge in [-0.25, -0.2) is 8.42 Å². The predicted molar refractivity (Wildman–Crippen MR) is 75.0 cm³/mol. The molecule has 1 rings (SSSR count). The van der Waals surface area contributed by atoms with Crippen molar-refractivity contribution < 1.29 is 13.5 Å². The largest absolute Gasteiger partial charge is 0.388 e. The van der Waals surface area contributed by atoms with Gasteiger partial charge in [0.1, 0.15) is 9.84 Å². The Labute approximate surface area is 118 Å². The molecule has 1 aromatic carbocycles. The van der Waals surface area contributed by atoms with E-state index in [1.165, 1.54) is 0 Å². The number of halogens is 2. The molecule has 102 valence electrons. The Hall–Kier alpha value is -0.290. The van der Waals surface area contributed by atoms with E-state index in [1.54, 1.807) is 25.1 Å². The van der Waals surface area contributed by atoms with E-state index >= 15 is 0 Å². The first-order valence-corrected chi connectivity index (χ1v) is 8.27. The molecule has 1 N–H and O–H groups in total. The van der Waals surface area contributed by atoms with Gasteiger partial charge in [-0.15, -0.1) is 0 Å². The van der Waals surface area contributed by atoms with Gasteiger partial charge in [0.25, 0.3) is 0 Å². The Morgan fingerprint density at radius 2 is 2.00 bits per heavy atom. The molecular formula is C12H16Cl2O3S. The first-order valence-electron chi connectivity index (χ1n) is 5.69. The molecule has 0 fully saturated rings. The Morgan fingerprint density at radius 1 is 1.33 bits per heavy atom. The van der Waals surface area contributed by atoms with Crippen LogP contribution in [0.15, 0.2) is 18.2 Å². The van der Waals surface area contributed by atoms with Crippen LogP contribution < -0.4 is 0 Å². The molecule has 0 aliphatic rings. The molecule has 0 heterocycles. The number of rotatable bonds is 6. The number of benzene rings is 1. The van der Waals surface area contributed by atoms with Crippen molar-refractivity contribution in [3.8, 4) is 0 Å². The fourth-order valence-electron chi connectivity index (χ4n) is 1.57. The number of hydrogen-bond acceptors (Lipinski definition) is 3. The number of sulfone groups is 1. The molecule has 0 saturated carbocycles. The van der Waals surface area contributed by atoms with E-state index in [-0.39, 0.29) is 11.5 Å². The number of aliphatic hydroxyl groups is 1. The van der Waals surface area contributed by atoms with Gasteiger partial charge in [-0.05, 0) is 18.9 Å². The van der Waals surface area contributed by atoms with E-state index in [1.807, 2.05) is 0 Å². The molecule has 3 nitrogen and oxygen atoms in total. The maximum Gasteiger partial charge on any atom is 0.150 e. The van der Waals surface area contributed by atoms with Crippen molar-refractivity contribution in [2.45, 2.75) is 25.9 Å². The molecule has 1 aromatic rings. The zero-order chi connectivity index (χ0) is 13.8. The van der Waals surface area contributed by atoms with E-state index in [2.05, 4.69) is 0 Å². The van der Waals surface area contributed by atoms with Crippen molar-refractivity contribution in [2.24, 2.45) is 0 Å². The zero-order valence-corrected chi connectivity index (χ0v) is 12.4. The molecule has 0 radical (unpaired) electrons. The maximum atomic E-state index is 11.3. The van der Waals surface area contributed by atoms with Crippen LogP contribution in [0.3, 0.4) is 0 Å². The molecule has 0 aliphatic carbocycles. The Kier molecular flexibility index (Phi) is 5.92. The van der Waals surface area contributed by atoms with Gasteiger partial charge in [-0.3, -0.25) is 0 Å². The lowest BCUT2D eigenvalue weighted by molar-refractivity contribution is 0.167. The van der Waals surface area contributed by atoms with Crippen LogP contribution in [-0.2, 0) is 9.84 Å². The smallest absolute Gasteiger partial charge is 0.150 e. The molecule has 0 spiro atoms. The van der Waals surface area contributed by atoms with E-state index in [4.69, 9.17) is 23.2 Å². The summed E-state index contributed by atoms with van der Waals surface area (Å²) in [7, 11) is -2.99. The van der Waals surface area contributed by atoms with Gasteiger partial charge >= 0.3 is 0 Å². The highest BCUT2D eigenvalue weighted by atomic mass is 35.5. The van der Waals surface area contributed by atoms with Crippen LogP contribution in [0.4, 0.5) is 0 Å². The van der Waals surface area contributed by atoms with Crippen molar-refractivity contribution in [1.82, 2.24) is 0 Å². The average Bonchev–Trinajstić information content (AvgIpc) is 2.32. The number of hydrogen-bond donors (Lipinski definition) is 1. The Balaban J connectivity index is 2.61. The summed E-state index contributed by atoms with van der Waals surface area (Å²) >= 11 is 11.8. The van der Waals surface area contributed by atoms with E-state index < -0.39 is 15.9 Å².